The molecule has 3 atom stereocenters. The lowest BCUT2D eigenvalue weighted by molar-refractivity contribution is 0.456. The maximum Gasteiger partial charge on any atom is 0.0314 e. The minimum atomic E-state index is 0.681. The monoisotopic (exact) mass is 287 g/mol. The van der Waals surface area contributed by atoms with Crippen LogP contribution in [0.5, 0.6) is 0 Å². The first-order chi connectivity index (χ1) is 7.22. The topological polar surface area (TPSA) is 12.0 Å². The van der Waals surface area contributed by atoms with Gasteiger partial charge in [-0.15, -0.1) is 11.3 Å². The molecule has 0 spiro atoms. The number of hydrogen-bond donors (Lipinski definition) is 1. The molecule has 1 aliphatic carbocycles. The molecule has 0 amide bonds. The van der Waals surface area contributed by atoms with Crippen LogP contribution in [0.1, 0.15) is 25.1 Å². The molecule has 0 aliphatic heterocycles. The minimum absolute atomic E-state index is 0.681. The SMILES string of the molecule is CCNC(Cc1sccc1Br)C1CC1C. The molecule has 2 rings (SSSR count). The van der Waals surface area contributed by atoms with Crippen molar-refractivity contribution in [2.45, 2.75) is 32.7 Å². The summed E-state index contributed by atoms with van der Waals surface area (Å²) in [6, 6.07) is 2.83. The second-order valence-electron chi connectivity index (χ2n) is 4.44. The van der Waals surface area contributed by atoms with Crippen LogP contribution in [0.2, 0.25) is 0 Å². The molecular formula is C12H18BrNS. The highest BCUT2D eigenvalue weighted by atomic mass is 79.9. The summed E-state index contributed by atoms with van der Waals surface area (Å²) in [6.07, 6.45) is 2.59. The Labute approximate surface area is 104 Å². The third-order valence-electron chi connectivity index (χ3n) is 3.25. The van der Waals surface area contributed by atoms with Crippen LogP contribution in [0.4, 0.5) is 0 Å². The van der Waals surface area contributed by atoms with Gasteiger partial charge < -0.3 is 5.32 Å². The molecule has 0 bridgehead atoms. The van der Waals surface area contributed by atoms with E-state index in [0.717, 1.165) is 18.4 Å². The van der Waals surface area contributed by atoms with Gasteiger partial charge in [0.25, 0.3) is 0 Å². The largest absolute Gasteiger partial charge is 0.314 e. The van der Waals surface area contributed by atoms with Gasteiger partial charge in [-0.05, 0) is 58.6 Å². The van der Waals surface area contributed by atoms with Gasteiger partial charge in [0.2, 0.25) is 0 Å². The zero-order valence-electron chi connectivity index (χ0n) is 9.29. The summed E-state index contributed by atoms with van der Waals surface area (Å²) in [6.45, 7) is 5.64. The molecule has 0 radical (unpaired) electrons. The molecule has 1 aromatic heterocycles. The Morgan fingerprint density at radius 2 is 2.40 bits per heavy atom. The molecule has 1 aliphatic rings. The van der Waals surface area contributed by atoms with Crippen LogP contribution in [0.3, 0.4) is 0 Å². The van der Waals surface area contributed by atoms with Crippen molar-refractivity contribution in [2.24, 2.45) is 11.8 Å². The number of halogens is 1. The zero-order valence-corrected chi connectivity index (χ0v) is 11.7. The molecule has 3 heteroatoms. The van der Waals surface area contributed by atoms with Crippen LogP contribution in [0, 0.1) is 11.8 Å². The predicted octanol–water partition coefficient (Wildman–Crippen LogP) is 3.69. The number of hydrogen-bond acceptors (Lipinski definition) is 2. The van der Waals surface area contributed by atoms with Gasteiger partial charge in [-0.2, -0.15) is 0 Å². The maximum absolute atomic E-state index is 3.63. The van der Waals surface area contributed by atoms with Crippen LogP contribution >= 0.6 is 27.3 Å². The molecule has 1 N–H and O–H groups in total. The number of thiophene rings is 1. The molecular weight excluding hydrogens is 270 g/mol. The van der Waals surface area contributed by atoms with Crippen LogP contribution in [-0.2, 0) is 6.42 Å². The van der Waals surface area contributed by atoms with E-state index in [1.165, 1.54) is 22.2 Å². The molecule has 1 aromatic rings. The van der Waals surface area contributed by atoms with Crippen molar-refractivity contribution in [3.8, 4) is 0 Å². The van der Waals surface area contributed by atoms with Crippen molar-refractivity contribution in [3.05, 3.63) is 20.8 Å². The lowest BCUT2D eigenvalue weighted by Crippen LogP contribution is -2.33. The zero-order chi connectivity index (χ0) is 10.8. The van der Waals surface area contributed by atoms with E-state index in [2.05, 4.69) is 46.5 Å². The third kappa shape index (κ3) is 2.83. The standard InChI is InChI=1S/C12H18BrNS/c1-3-14-11(9-6-8(9)2)7-12-10(13)4-5-15-12/h4-5,8-9,11,14H,3,6-7H2,1-2H3. The van der Waals surface area contributed by atoms with Gasteiger partial charge in [0.15, 0.2) is 0 Å². The average Bonchev–Trinajstić information content (AvgIpc) is 2.79. The molecule has 15 heavy (non-hydrogen) atoms. The van der Waals surface area contributed by atoms with Crippen molar-refractivity contribution >= 4 is 27.3 Å². The highest BCUT2D eigenvalue weighted by Gasteiger charge is 2.39. The van der Waals surface area contributed by atoms with Crippen molar-refractivity contribution < 1.29 is 0 Å². The quantitative estimate of drug-likeness (QED) is 0.871. The first-order valence-electron chi connectivity index (χ1n) is 5.67. The predicted molar refractivity (Wildman–Crippen MR) is 70.5 cm³/mol. The minimum Gasteiger partial charge on any atom is -0.314 e. The van der Waals surface area contributed by atoms with Crippen molar-refractivity contribution in [3.63, 3.8) is 0 Å². The molecule has 0 aromatic carbocycles. The second-order valence-corrected chi connectivity index (χ2v) is 6.29. The summed E-state index contributed by atoms with van der Waals surface area (Å²) in [7, 11) is 0. The van der Waals surface area contributed by atoms with Gasteiger partial charge in [0.05, 0.1) is 0 Å². The Bertz CT molecular complexity index is 323. The van der Waals surface area contributed by atoms with E-state index in [1.54, 1.807) is 0 Å². The van der Waals surface area contributed by atoms with E-state index >= 15 is 0 Å². The number of nitrogens with one attached hydrogen (secondary N) is 1. The highest BCUT2D eigenvalue weighted by Crippen LogP contribution is 2.42. The van der Waals surface area contributed by atoms with Crippen molar-refractivity contribution in [1.29, 1.82) is 0 Å². The van der Waals surface area contributed by atoms with Gasteiger partial charge in [-0.25, -0.2) is 0 Å². The van der Waals surface area contributed by atoms with Crippen LogP contribution in [0.15, 0.2) is 15.9 Å². The van der Waals surface area contributed by atoms with Gasteiger partial charge in [0, 0.05) is 15.4 Å². The highest BCUT2D eigenvalue weighted by molar-refractivity contribution is 9.10. The fraction of sp³-hybridized carbons (Fsp3) is 0.667. The van der Waals surface area contributed by atoms with Crippen LogP contribution in [-0.4, -0.2) is 12.6 Å². The summed E-state index contributed by atoms with van der Waals surface area (Å²) < 4.78 is 1.28. The molecule has 1 saturated carbocycles. The van der Waals surface area contributed by atoms with Gasteiger partial charge in [-0.3, -0.25) is 0 Å². The molecule has 1 heterocycles. The van der Waals surface area contributed by atoms with Crippen LogP contribution < -0.4 is 5.32 Å². The van der Waals surface area contributed by atoms with E-state index in [1.807, 2.05) is 11.3 Å². The normalized spacial score (nSPS) is 26.6. The molecule has 0 saturated heterocycles. The van der Waals surface area contributed by atoms with Gasteiger partial charge in [-0.1, -0.05) is 13.8 Å². The van der Waals surface area contributed by atoms with Crippen molar-refractivity contribution in [1.82, 2.24) is 5.32 Å². The fourth-order valence-corrected chi connectivity index (χ4v) is 3.79. The van der Waals surface area contributed by atoms with E-state index < -0.39 is 0 Å². The van der Waals surface area contributed by atoms with Crippen LogP contribution in [0.25, 0.3) is 0 Å². The van der Waals surface area contributed by atoms with E-state index in [-0.39, 0.29) is 0 Å². The summed E-state index contributed by atoms with van der Waals surface area (Å²) in [5, 5.41) is 5.79. The Kier molecular flexibility index (Phi) is 3.86. The number of rotatable bonds is 5. The molecule has 3 unspecified atom stereocenters. The van der Waals surface area contributed by atoms with Gasteiger partial charge in [0.1, 0.15) is 0 Å². The summed E-state index contributed by atoms with van der Waals surface area (Å²) >= 11 is 5.48. The van der Waals surface area contributed by atoms with Gasteiger partial charge >= 0.3 is 0 Å². The first-order valence-corrected chi connectivity index (χ1v) is 7.35. The first kappa shape index (κ1) is 11.6. The lowest BCUT2D eigenvalue weighted by atomic mass is 10.1. The molecule has 1 fully saturated rings. The summed E-state index contributed by atoms with van der Waals surface area (Å²) in [4.78, 5) is 1.49. The Morgan fingerprint density at radius 1 is 1.67 bits per heavy atom. The average molecular weight is 288 g/mol. The maximum atomic E-state index is 3.63. The summed E-state index contributed by atoms with van der Waals surface area (Å²) in [5.41, 5.74) is 0. The Balaban J connectivity index is 1.97. The lowest BCUT2D eigenvalue weighted by Gasteiger charge is -2.17. The summed E-state index contributed by atoms with van der Waals surface area (Å²) in [5.74, 6) is 1.83. The Hall–Kier alpha value is 0.140. The van der Waals surface area contributed by atoms with E-state index in [4.69, 9.17) is 0 Å². The van der Waals surface area contributed by atoms with Crippen molar-refractivity contribution in [2.75, 3.05) is 6.54 Å². The molecule has 84 valence electrons. The third-order valence-corrected chi connectivity index (χ3v) is 5.20. The second kappa shape index (κ2) is 4.98. The van der Waals surface area contributed by atoms with E-state index in [0.29, 0.717) is 6.04 Å². The smallest absolute Gasteiger partial charge is 0.0314 e. The fourth-order valence-electron chi connectivity index (χ4n) is 2.22. The Morgan fingerprint density at radius 3 is 2.87 bits per heavy atom. The molecule has 1 nitrogen and oxygen atoms in total. The number of likely N-dealkylation sites (N-methyl/N-ethyl adjacent to an activating group) is 1. The van der Waals surface area contributed by atoms with E-state index in [9.17, 15) is 0 Å².